The molecule has 0 bridgehead atoms. The molecule has 1 fully saturated rings. The molecule has 1 aliphatic rings. The molecule has 0 amide bonds. The van der Waals surface area contributed by atoms with Crippen LogP contribution in [-0.4, -0.2) is 30.1 Å². The monoisotopic (exact) mass is 267 g/mol. The summed E-state index contributed by atoms with van der Waals surface area (Å²) >= 11 is 6.25. The fraction of sp³-hybridized carbons (Fsp3) is 0.500. The number of rotatable bonds is 3. The minimum Gasteiger partial charge on any atom is -0.469 e. The van der Waals surface area contributed by atoms with Crippen LogP contribution in [0.2, 0.25) is 0 Å². The standard InChI is InChI=1S/C14H18ClNO2/c1-18-14(17)13(11-7-3-2-4-8-11)12-9-5-6-10-16(12)15/h2-4,7-8,12-13H,5-6,9-10H2,1H3/t12-,13?/m1/s1. The normalized spacial score (nSPS) is 22.4. The van der Waals surface area contributed by atoms with Crippen molar-refractivity contribution in [1.29, 1.82) is 0 Å². The van der Waals surface area contributed by atoms with E-state index in [2.05, 4.69) is 0 Å². The van der Waals surface area contributed by atoms with E-state index in [0.29, 0.717) is 0 Å². The SMILES string of the molecule is COC(=O)C(c1ccccc1)[C@H]1CCCCN1Cl. The second kappa shape index (κ2) is 6.21. The van der Waals surface area contributed by atoms with Gasteiger partial charge in [0, 0.05) is 12.6 Å². The number of methoxy groups -OCH3 is 1. The maximum absolute atomic E-state index is 12.0. The Kier molecular flexibility index (Phi) is 4.61. The highest BCUT2D eigenvalue weighted by Crippen LogP contribution is 2.32. The molecule has 98 valence electrons. The summed E-state index contributed by atoms with van der Waals surface area (Å²) in [6.45, 7) is 0.826. The number of benzene rings is 1. The van der Waals surface area contributed by atoms with E-state index >= 15 is 0 Å². The molecule has 1 unspecified atom stereocenters. The van der Waals surface area contributed by atoms with Crippen molar-refractivity contribution in [2.24, 2.45) is 0 Å². The van der Waals surface area contributed by atoms with Crippen LogP contribution in [-0.2, 0) is 9.53 Å². The third-order valence-electron chi connectivity index (χ3n) is 3.48. The number of hydrogen-bond donors (Lipinski definition) is 0. The molecule has 1 saturated heterocycles. The summed E-state index contributed by atoms with van der Waals surface area (Å²) in [5, 5.41) is 0. The van der Waals surface area contributed by atoms with E-state index in [-0.39, 0.29) is 17.9 Å². The summed E-state index contributed by atoms with van der Waals surface area (Å²) in [7, 11) is 1.43. The van der Waals surface area contributed by atoms with Crippen LogP contribution in [0.25, 0.3) is 0 Å². The van der Waals surface area contributed by atoms with E-state index in [9.17, 15) is 4.79 Å². The molecule has 0 radical (unpaired) electrons. The lowest BCUT2D eigenvalue weighted by molar-refractivity contribution is -0.144. The van der Waals surface area contributed by atoms with Crippen LogP contribution >= 0.6 is 11.8 Å². The van der Waals surface area contributed by atoms with E-state index < -0.39 is 0 Å². The Labute approximate surface area is 113 Å². The van der Waals surface area contributed by atoms with Crippen LogP contribution < -0.4 is 0 Å². The molecular weight excluding hydrogens is 250 g/mol. The first-order valence-corrected chi connectivity index (χ1v) is 6.63. The Balaban J connectivity index is 2.27. The molecular formula is C14H18ClNO2. The van der Waals surface area contributed by atoms with E-state index in [1.165, 1.54) is 7.11 Å². The molecule has 1 aromatic carbocycles. The van der Waals surface area contributed by atoms with E-state index in [1.54, 1.807) is 4.42 Å². The smallest absolute Gasteiger partial charge is 0.314 e. The number of ether oxygens (including phenoxy) is 1. The lowest BCUT2D eigenvalue weighted by Crippen LogP contribution is -2.40. The summed E-state index contributed by atoms with van der Waals surface area (Å²) in [6, 6.07) is 9.76. The lowest BCUT2D eigenvalue weighted by Gasteiger charge is -2.34. The van der Waals surface area contributed by atoms with Crippen LogP contribution in [0.4, 0.5) is 0 Å². The van der Waals surface area contributed by atoms with Crippen LogP contribution in [0.1, 0.15) is 30.7 Å². The van der Waals surface area contributed by atoms with Gasteiger partial charge >= 0.3 is 5.97 Å². The summed E-state index contributed by atoms with van der Waals surface area (Å²) < 4.78 is 6.71. The van der Waals surface area contributed by atoms with Crippen molar-refractivity contribution >= 4 is 17.7 Å². The highest BCUT2D eigenvalue weighted by atomic mass is 35.5. The first-order chi connectivity index (χ1) is 8.74. The fourth-order valence-corrected chi connectivity index (χ4v) is 2.88. The van der Waals surface area contributed by atoms with E-state index in [0.717, 1.165) is 31.4 Å². The fourth-order valence-electron chi connectivity index (χ4n) is 2.55. The van der Waals surface area contributed by atoms with Crippen molar-refractivity contribution in [3.05, 3.63) is 35.9 Å². The summed E-state index contributed by atoms with van der Waals surface area (Å²) in [6.07, 6.45) is 3.12. The molecule has 18 heavy (non-hydrogen) atoms. The number of nitrogens with zero attached hydrogens (tertiary/aromatic N) is 1. The number of piperidine rings is 1. The van der Waals surface area contributed by atoms with Gasteiger partial charge in [0.25, 0.3) is 0 Å². The van der Waals surface area contributed by atoms with Gasteiger partial charge in [-0.05, 0) is 30.2 Å². The van der Waals surface area contributed by atoms with Crippen molar-refractivity contribution < 1.29 is 9.53 Å². The van der Waals surface area contributed by atoms with Gasteiger partial charge in [0.05, 0.1) is 13.0 Å². The molecule has 3 nitrogen and oxygen atoms in total. The topological polar surface area (TPSA) is 29.5 Å². The quantitative estimate of drug-likeness (QED) is 0.623. The van der Waals surface area contributed by atoms with Gasteiger partial charge in [-0.15, -0.1) is 0 Å². The van der Waals surface area contributed by atoms with Crippen LogP contribution in [0.5, 0.6) is 0 Å². The highest BCUT2D eigenvalue weighted by Gasteiger charge is 2.35. The molecule has 0 aromatic heterocycles. The second-order valence-electron chi connectivity index (χ2n) is 4.60. The van der Waals surface area contributed by atoms with Gasteiger partial charge in [-0.3, -0.25) is 4.79 Å². The van der Waals surface area contributed by atoms with Crippen LogP contribution in [0.3, 0.4) is 0 Å². The largest absolute Gasteiger partial charge is 0.469 e. The van der Waals surface area contributed by atoms with Crippen molar-refractivity contribution in [1.82, 2.24) is 4.42 Å². The predicted octanol–water partition coefficient (Wildman–Crippen LogP) is 2.95. The van der Waals surface area contributed by atoms with Gasteiger partial charge in [0.2, 0.25) is 0 Å². The zero-order chi connectivity index (χ0) is 13.0. The summed E-state index contributed by atoms with van der Waals surface area (Å²) in [4.78, 5) is 12.0. The van der Waals surface area contributed by atoms with E-state index in [4.69, 9.17) is 16.5 Å². The van der Waals surface area contributed by atoms with Gasteiger partial charge in [-0.25, -0.2) is 4.42 Å². The number of hydrogen-bond acceptors (Lipinski definition) is 3. The zero-order valence-electron chi connectivity index (χ0n) is 10.5. The maximum Gasteiger partial charge on any atom is 0.314 e. The molecule has 0 aliphatic carbocycles. The molecule has 1 heterocycles. The van der Waals surface area contributed by atoms with Gasteiger partial charge < -0.3 is 4.74 Å². The first kappa shape index (κ1) is 13.4. The summed E-state index contributed by atoms with van der Waals surface area (Å²) in [5.74, 6) is -0.507. The minimum absolute atomic E-state index is 0.0234. The Bertz CT molecular complexity index is 396. The zero-order valence-corrected chi connectivity index (χ0v) is 11.3. The van der Waals surface area contributed by atoms with Gasteiger partial charge in [0.15, 0.2) is 0 Å². The van der Waals surface area contributed by atoms with Crippen molar-refractivity contribution in [3.8, 4) is 0 Å². The van der Waals surface area contributed by atoms with Crippen molar-refractivity contribution in [3.63, 3.8) is 0 Å². The van der Waals surface area contributed by atoms with Crippen LogP contribution in [0, 0.1) is 0 Å². The number of esters is 1. The van der Waals surface area contributed by atoms with Gasteiger partial charge in [0.1, 0.15) is 0 Å². The van der Waals surface area contributed by atoms with Gasteiger partial charge in [-0.1, -0.05) is 36.8 Å². The maximum atomic E-state index is 12.0. The lowest BCUT2D eigenvalue weighted by atomic mass is 9.86. The molecule has 1 aromatic rings. The minimum atomic E-state index is -0.297. The average molecular weight is 268 g/mol. The number of halogens is 1. The van der Waals surface area contributed by atoms with Crippen molar-refractivity contribution in [2.45, 2.75) is 31.2 Å². The van der Waals surface area contributed by atoms with Crippen molar-refractivity contribution in [2.75, 3.05) is 13.7 Å². The Morgan fingerprint density at radius 2 is 2.11 bits per heavy atom. The number of carbonyl (C=O) groups is 1. The molecule has 0 spiro atoms. The molecule has 2 rings (SSSR count). The molecule has 0 N–H and O–H groups in total. The molecule has 2 atom stereocenters. The Morgan fingerprint density at radius 3 is 2.72 bits per heavy atom. The third kappa shape index (κ3) is 2.85. The highest BCUT2D eigenvalue weighted by molar-refractivity contribution is 6.13. The first-order valence-electron chi connectivity index (χ1n) is 6.29. The molecule has 4 heteroatoms. The third-order valence-corrected chi connectivity index (χ3v) is 3.90. The Morgan fingerprint density at radius 1 is 1.39 bits per heavy atom. The Hall–Kier alpha value is -1.06. The van der Waals surface area contributed by atoms with E-state index in [1.807, 2.05) is 30.3 Å². The number of carbonyl (C=O) groups excluding carboxylic acids is 1. The molecule has 1 aliphatic heterocycles. The van der Waals surface area contributed by atoms with Gasteiger partial charge in [-0.2, -0.15) is 0 Å². The predicted molar refractivity (Wildman–Crippen MR) is 71.4 cm³/mol. The summed E-state index contributed by atoms with van der Waals surface area (Å²) in [5.41, 5.74) is 0.974. The second-order valence-corrected chi connectivity index (χ2v) is 5.03. The average Bonchev–Trinajstić information content (AvgIpc) is 2.42. The van der Waals surface area contributed by atoms with Crippen LogP contribution in [0.15, 0.2) is 30.3 Å². The molecule has 0 saturated carbocycles.